The van der Waals surface area contributed by atoms with E-state index in [1.165, 1.54) is 5.56 Å². The molecule has 1 aliphatic carbocycles. The van der Waals surface area contributed by atoms with Crippen LogP contribution >= 0.6 is 11.6 Å². The molecule has 0 bridgehead atoms. The topological polar surface area (TPSA) is 0 Å². The summed E-state index contributed by atoms with van der Waals surface area (Å²) in [5.74, 6) is 0.588. The van der Waals surface area contributed by atoms with Gasteiger partial charge in [-0.15, -0.1) is 11.6 Å². The fourth-order valence-corrected chi connectivity index (χ4v) is 1.77. The third-order valence-corrected chi connectivity index (χ3v) is 2.79. The summed E-state index contributed by atoms with van der Waals surface area (Å²) in [5.41, 5.74) is 1.38. The molecule has 0 aromatic heterocycles. The lowest BCUT2D eigenvalue weighted by atomic mass is 10.1. The first kappa shape index (κ1) is 7.17. The summed E-state index contributed by atoms with van der Waals surface area (Å²) in [6.07, 6.45) is 1.12. The molecule has 0 N–H and O–H groups in total. The summed E-state index contributed by atoms with van der Waals surface area (Å²) in [6, 6.07) is 10.5. The van der Waals surface area contributed by atoms with Gasteiger partial charge in [0.15, 0.2) is 0 Å². The Hall–Kier alpha value is -0.490. The van der Waals surface area contributed by atoms with Gasteiger partial charge in [-0.3, -0.25) is 0 Å². The molecule has 1 aromatic carbocycles. The summed E-state index contributed by atoms with van der Waals surface area (Å²) in [5, 5.41) is 0. The van der Waals surface area contributed by atoms with Gasteiger partial charge in [-0.2, -0.15) is 0 Å². The molecule has 0 radical (unpaired) electrons. The Bertz CT molecular complexity index is 251. The van der Waals surface area contributed by atoms with Gasteiger partial charge in [-0.25, -0.2) is 0 Å². The van der Waals surface area contributed by atoms with Gasteiger partial charge in [0.25, 0.3) is 0 Å². The quantitative estimate of drug-likeness (QED) is 0.563. The molecule has 0 saturated heterocycles. The van der Waals surface area contributed by atoms with Gasteiger partial charge in [0.1, 0.15) is 0 Å². The molecule has 11 heavy (non-hydrogen) atoms. The van der Waals surface area contributed by atoms with E-state index in [-0.39, 0.29) is 4.87 Å². The molecule has 1 fully saturated rings. The summed E-state index contributed by atoms with van der Waals surface area (Å²) in [7, 11) is 0. The lowest BCUT2D eigenvalue weighted by Crippen LogP contribution is -1.92. The van der Waals surface area contributed by atoms with Crippen molar-refractivity contribution in [3.8, 4) is 0 Å². The van der Waals surface area contributed by atoms with E-state index in [2.05, 4.69) is 31.2 Å². The highest BCUT2D eigenvalue weighted by molar-refractivity contribution is 6.26. The van der Waals surface area contributed by atoms with E-state index >= 15 is 0 Å². The zero-order chi connectivity index (χ0) is 7.90. The van der Waals surface area contributed by atoms with Crippen molar-refractivity contribution in [3.63, 3.8) is 0 Å². The highest BCUT2D eigenvalue weighted by Crippen LogP contribution is 2.55. The van der Waals surface area contributed by atoms with E-state index < -0.39 is 0 Å². The molecule has 0 amide bonds. The van der Waals surface area contributed by atoms with Gasteiger partial charge in [0.05, 0.1) is 0 Å². The molecule has 1 aliphatic rings. The van der Waals surface area contributed by atoms with E-state index in [9.17, 15) is 0 Å². The molecule has 2 rings (SSSR count). The minimum absolute atomic E-state index is 0.0430. The van der Waals surface area contributed by atoms with E-state index in [4.69, 9.17) is 11.6 Å². The van der Waals surface area contributed by atoms with Crippen LogP contribution in [0.4, 0.5) is 0 Å². The average Bonchev–Trinajstić information content (AvgIpc) is 2.62. The van der Waals surface area contributed by atoms with Crippen LogP contribution in [0.3, 0.4) is 0 Å². The van der Waals surface area contributed by atoms with Gasteiger partial charge < -0.3 is 0 Å². The van der Waals surface area contributed by atoms with E-state index in [0.717, 1.165) is 6.42 Å². The second kappa shape index (κ2) is 2.25. The van der Waals surface area contributed by atoms with Gasteiger partial charge >= 0.3 is 0 Å². The molecule has 1 heteroatoms. The maximum absolute atomic E-state index is 6.14. The first-order valence-electron chi connectivity index (χ1n) is 3.94. The Balaban J connectivity index is 2.21. The fourth-order valence-electron chi connectivity index (χ4n) is 1.49. The largest absolute Gasteiger partial charge is 0.119 e. The first-order valence-corrected chi connectivity index (χ1v) is 4.32. The van der Waals surface area contributed by atoms with Gasteiger partial charge in [-0.1, -0.05) is 30.3 Å². The minimum Gasteiger partial charge on any atom is -0.119 e. The van der Waals surface area contributed by atoms with Crippen LogP contribution in [0.1, 0.15) is 24.8 Å². The van der Waals surface area contributed by atoms with Crippen molar-refractivity contribution in [1.82, 2.24) is 0 Å². The Morgan fingerprint density at radius 2 is 1.91 bits per heavy atom. The maximum Gasteiger partial charge on any atom is 0.0494 e. The monoisotopic (exact) mass is 166 g/mol. The molecule has 1 saturated carbocycles. The van der Waals surface area contributed by atoms with Crippen LogP contribution in [-0.4, -0.2) is 4.87 Å². The second-order valence-electron chi connectivity index (χ2n) is 3.45. The zero-order valence-corrected chi connectivity index (χ0v) is 7.31. The summed E-state index contributed by atoms with van der Waals surface area (Å²) in [4.78, 5) is 0.0430. The van der Waals surface area contributed by atoms with E-state index in [1.807, 2.05) is 6.07 Å². The predicted molar refractivity (Wildman–Crippen MR) is 48.1 cm³/mol. The number of rotatable bonds is 1. The van der Waals surface area contributed by atoms with Crippen molar-refractivity contribution in [2.45, 2.75) is 24.1 Å². The molecule has 0 spiro atoms. The molecule has 58 valence electrons. The van der Waals surface area contributed by atoms with Crippen molar-refractivity contribution < 1.29 is 0 Å². The first-order chi connectivity index (χ1) is 5.20. The highest BCUT2D eigenvalue weighted by Gasteiger charge is 2.49. The molecule has 0 nitrogen and oxygen atoms in total. The van der Waals surface area contributed by atoms with Gasteiger partial charge in [0, 0.05) is 10.8 Å². The fraction of sp³-hybridized carbons (Fsp3) is 0.400. The standard InChI is InChI=1S/C10H11Cl/c1-10(11)7-9(10)8-5-3-2-4-6-8/h2-6,9H,7H2,1H3. The molecular formula is C10H11Cl. The van der Waals surface area contributed by atoms with Crippen LogP contribution in [0.5, 0.6) is 0 Å². The number of alkyl halides is 1. The smallest absolute Gasteiger partial charge is 0.0494 e. The minimum atomic E-state index is 0.0430. The maximum atomic E-state index is 6.14. The number of hydrogen-bond donors (Lipinski definition) is 0. The van der Waals surface area contributed by atoms with E-state index in [0.29, 0.717) is 5.92 Å². The molecule has 0 aliphatic heterocycles. The SMILES string of the molecule is CC1(Cl)CC1c1ccccc1. The van der Waals surface area contributed by atoms with Crippen LogP contribution in [0.25, 0.3) is 0 Å². The lowest BCUT2D eigenvalue weighted by Gasteiger charge is -1.99. The average molecular weight is 167 g/mol. The van der Waals surface area contributed by atoms with Crippen molar-refractivity contribution >= 4 is 11.6 Å². The molecule has 2 unspecified atom stereocenters. The number of hydrogen-bond acceptors (Lipinski definition) is 0. The van der Waals surface area contributed by atoms with Crippen LogP contribution < -0.4 is 0 Å². The van der Waals surface area contributed by atoms with Crippen molar-refractivity contribution in [1.29, 1.82) is 0 Å². The summed E-state index contributed by atoms with van der Waals surface area (Å²) >= 11 is 6.14. The lowest BCUT2D eigenvalue weighted by molar-refractivity contribution is 0.958. The van der Waals surface area contributed by atoms with E-state index in [1.54, 1.807) is 0 Å². The Labute approximate surface area is 72.2 Å². The Kier molecular flexibility index (Phi) is 1.47. The molecule has 0 heterocycles. The predicted octanol–water partition coefficient (Wildman–Crippen LogP) is 3.17. The zero-order valence-electron chi connectivity index (χ0n) is 6.55. The van der Waals surface area contributed by atoms with Crippen LogP contribution in [-0.2, 0) is 0 Å². The number of halogens is 1. The van der Waals surface area contributed by atoms with Crippen LogP contribution in [0.2, 0.25) is 0 Å². The van der Waals surface area contributed by atoms with Crippen molar-refractivity contribution in [3.05, 3.63) is 35.9 Å². The second-order valence-corrected chi connectivity index (χ2v) is 4.31. The van der Waals surface area contributed by atoms with Gasteiger partial charge in [0.2, 0.25) is 0 Å². The molecule has 1 aromatic rings. The van der Waals surface area contributed by atoms with Gasteiger partial charge in [-0.05, 0) is 18.9 Å². The third kappa shape index (κ3) is 1.28. The Morgan fingerprint density at radius 3 is 2.36 bits per heavy atom. The summed E-state index contributed by atoms with van der Waals surface area (Å²) in [6.45, 7) is 2.10. The number of benzene rings is 1. The molecule has 2 atom stereocenters. The highest BCUT2D eigenvalue weighted by atomic mass is 35.5. The molecular weight excluding hydrogens is 156 g/mol. The summed E-state index contributed by atoms with van der Waals surface area (Å²) < 4.78 is 0. The van der Waals surface area contributed by atoms with Crippen molar-refractivity contribution in [2.75, 3.05) is 0 Å². The van der Waals surface area contributed by atoms with Crippen molar-refractivity contribution in [2.24, 2.45) is 0 Å². The Morgan fingerprint density at radius 1 is 1.36 bits per heavy atom. The normalized spacial score (nSPS) is 35.3. The van der Waals surface area contributed by atoms with Crippen LogP contribution in [0, 0.1) is 0 Å². The van der Waals surface area contributed by atoms with Crippen LogP contribution in [0.15, 0.2) is 30.3 Å². The third-order valence-electron chi connectivity index (χ3n) is 2.37.